The fourth-order valence-electron chi connectivity index (χ4n) is 4.00. The van der Waals surface area contributed by atoms with Gasteiger partial charge in [-0.3, -0.25) is 9.59 Å². The number of benzene rings is 1. The Hall–Kier alpha value is -1.93. The number of hydrogen-bond donors (Lipinski definition) is 2. The van der Waals surface area contributed by atoms with Crippen LogP contribution in [0.2, 0.25) is 0 Å². The van der Waals surface area contributed by atoms with Crippen LogP contribution in [0.1, 0.15) is 25.7 Å². The van der Waals surface area contributed by atoms with E-state index in [1.54, 1.807) is 4.90 Å². The van der Waals surface area contributed by atoms with Gasteiger partial charge in [-0.25, -0.2) is 8.42 Å². The second-order valence-electron chi connectivity index (χ2n) is 7.46. The zero-order chi connectivity index (χ0) is 19.5. The fraction of sp³-hybridized carbons (Fsp3) is 0.579. The Morgan fingerprint density at radius 3 is 2.48 bits per heavy atom. The summed E-state index contributed by atoms with van der Waals surface area (Å²) in [5.74, 6) is -0.803. The van der Waals surface area contributed by atoms with Crippen LogP contribution in [-0.2, 0) is 19.4 Å². The van der Waals surface area contributed by atoms with Crippen molar-refractivity contribution in [2.75, 3.05) is 37.8 Å². The first-order valence-corrected chi connectivity index (χ1v) is 11.3. The van der Waals surface area contributed by atoms with E-state index in [0.29, 0.717) is 32.5 Å². The van der Waals surface area contributed by atoms with Crippen molar-refractivity contribution >= 4 is 27.3 Å². The molecule has 2 aliphatic rings. The van der Waals surface area contributed by atoms with Crippen LogP contribution in [-0.4, -0.2) is 62.3 Å². The van der Waals surface area contributed by atoms with Crippen LogP contribution in [0.3, 0.4) is 0 Å². The number of piperidine rings is 2. The van der Waals surface area contributed by atoms with E-state index in [-0.39, 0.29) is 37.1 Å². The Morgan fingerprint density at radius 1 is 1.19 bits per heavy atom. The summed E-state index contributed by atoms with van der Waals surface area (Å²) in [7, 11) is -3.55. The Balaban J connectivity index is 1.73. The van der Waals surface area contributed by atoms with Crippen LogP contribution >= 0.6 is 0 Å². The lowest BCUT2D eigenvalue weighted by Gasteiger charge is -2.41. The molecule has 1 aromatic rings. The molecule has 2 aliphatic heterocycles. The third-order valence-electron chi connectivity index (χ3n) is 5.63. The topological polar surface area (TPSA) is 95.6 Å². The van der Waals surface area contributed by atoms with E-state index in [4.69, 9.17) is 0 Å². The van der Waals surface area contributed by atoms with E-state index in [2.05, 4.69) is 10.6 Å². The molecule has 2 N–H and O–H groups in total. The summed E-state index contributed by atoms with van der Waals surface area (Å²) in [5, 5.41) is 6.01. The number of amides is 2. The third-order valence-corrected chi connectivity index (χ3v) is 7.63. The highest BCUT2D eigenvalue weighted by Gasteiger charge is 2.51. The molecule has 1 unspecified atom stereocenters. The number of nitrogens with zero attached hydrogens (tertiary/aromatic N) is 1. The van der Waals surface area contributed by atoms with Crippen molar-refractivity contribution in [3.63, 3.8) is 0 Å². The van der Waals surface area contributed by atoms with Crippen molar-refractivity contribution in [1.29, 1.82) is 0 Å². The van der Waals surface area contributed by atoms with Gasteiger partial charge in [0, 0.05) is 25.0 Å². The number of carbonyl (C=O) groups excluding carboxylic acids is 2. The van der Waals surface area contributed by atoms with Gasteiger partial charge >= 0.3 is 0 Å². The largest absolute Gasteiger partial charge is 0.341 e. The van der Waals surface area contributed by atoms with Crippen molar-refractivity contribution in [3.8, 4) is 0 Å². The lowest BCUT2D eigenvalue weighted by atomic mass is 9.91. The van der Waals surface area contributed by atoms with Gasteiger partial charge in [-0.15, -0.1) is 0 Å². The van der Waals surface area contributed by atoms with E-state index < -0.39 is 14.6 Å². The van der Waals surface area contributed by atoms with Crippen molar-refractivity contribution < 1.29 is 18.0 Å². The van der Waals surface area contributed by atoms with Gasteiger partial charge < -0.3 is 15.5 Å². The second-order valence-corrected chi connectivity index (χ2v) is 9.79. The van der Waals surface area contributed by atoms with Crippen molar-refractivity contribution in [2.45, 2.75) is 30.4 Å². The fourth-order valence-corrected chi connectivity index (χ4v) is 5.40. The lowest BCUT2D eigenvalue weighted by Crippen LogP contribution is -2.60. The van der Waals surface area contributed by atoms with E-state index in [1.807, 2.05) is 30.3 Å². The molecule has 3 rings (SSSR count). The van der Waals surface area contributed by atoms with Gasteiger partial charge in [-0.05, 0) is 50.9 Å². The van der Waals surface area contributed by atoms with E-state index in [1.165, 1.54) is 0 Å². The monoisotopic (exact) mass is 393 g/mol. The van der Waals surface area contributed by atoms with Crippen LogP contribution in [0, 0.1) is 5.92 Å². The zero-order valence-corrected chi connectivity index (χ0v) is 16.4. The Labute approximate surface area is 160 Å². The molecule has 27 heavy (non-hydrogen) atoms. The highest BCUT2D eigenvalue weighted by Crippen LogP contribution is 2.32. The predicted octanol–water partition coefficient (Wildman–Crippen LogP) is 1.03. The van der Waals surface area contributed by atoms with Crippen LogP contribution in [0.25, 0.3) is 0 Å². The number of para-hydroxylation sites is 1. The first kappa shape index (κ1) is 19.8. The summed E-state index contributed by atoms with van der Waals surface area (Å²) < 4.78 is 23.6. The summed E-state index contributed by atoms with van der Waals surface area (Å²) >= 11 is 0. The minimum atomic E-state index is -3.55. The predicted molar refractivity (Wildman–Crippen MR) is 104 cm³/mol. The summed E-state index contributed by atoms with van der Waals surface area (Å²) in [4.78, 5) is 27.4. The minimum Gasteiger partial charge on any atom is -0.341 e. The average molecular weight is 394 g/mol. The summed E-state index contributed by atoms with van der Waals surface area (Å²) in [6.45, 7) is 1.77. The quantitative estimate of drug-likeness (QED) is 0.797. The van der Waals surface area contributed by atoms with E-state index in [9.17, 15) is 18.0 Å². The van der Waals surface area contributed by atoms with Crippen LogP contribution in [0.5, 0.6) is 0 Å². The molecule has 8 heteroatoms. The summed E-state index contributed by atoms with van der Waals surface area (Å²) in [6.07, 6.45) is 3.09. The van der Waals surface area contributed by atoms with Gasteiger partial charge in [0.15, 0.2) is 14.6 Å². The normalized spacial score (nSPS) is 22.9. The molecule has 2 heterocycles. The summed E-state index contributed by atoms with van der Waals surface area (Å²) in [6, 6.07) is 9.20. The molecule has 2 amide bonds. The molecule has 0 spiro atoms. The van der Waals surface area contributed by atoms with Gasteiger partial charge in [-0.2, -0.15) is 0 Å². The molecule has 0 aliphatic carbocycles. The molecule has 1 atom stereocenters. The highest BCUT2D eigenvalue weighted by atomic mass is 32.2. The molecule has 2 saturated heterocycles. The minimum absolute atomic E-state index is 0.127. The number of rotatable bonds is 4. The smallest absolute Gasteiger partial charge is 0.244 e. The zero-order valence-electron chi connectivity index (χ0n) is 15.6. The number of hydrogen-bond acceptors (Lipinski definition) is 5. The van der Waals surface area contributed by atoms with E-state index in [0.717, 1.165) is 11.9 Å². The van der Waals surface area contributed by atoms with Gasteiger partial charge in [0.2, 0.25) is 11.8 Å². The van der Waals surface area contributed by atoms with Gasteiger partial charge in [0.25, 0.3) is 0 Å². The van der Waals surface area contributed by atoms with Crippen molar-refractivity contribution in [2.24, 2.45) is 5.92 Å². The molecular weight excluding hydrogens is 366 g/mol. The van der Waals surface area contributed by atoms with Crippen LogP contribution < -0.4 is 10.6 Å². The van der Waals surface area contributed by atoms with Crippen molar-refractivity contribution in [1.82, 2.24) is 10.2 Å². The number of anilines is 1. The third kappa shape index (κ3) is 4.16. The number of carbonyl (C=O) groups is 2. The molecular formula is C19H27N3O4S. The van der Waals surface area contributed by atoms with Crippen LogP contribution in [0.15, 0.2) is 30.3 Å². The number of sulfone groups is 1. The van der Waals surface area contributed by atoms with Crippen molar-refractivity contribution in [3.05, 3.63) is 30.3 Å². The van der Waals surface area contributed by atoms with Gasteiger partial charge in [0.1, 0.15) is 0 Å². The van der Waals surface area contributed by atoms with Crippen LogP contribution in [0.4, 0.5) is 5.69 Å². The molecule has 7 nitrogen and oxygen atoms in total. The molecule has 148 valence electrons. The standard InChI is InChI=1S/C19H27N3O4S/c1-27(25,26)19(9-11-20-12-10-19)18(24)22-13-5-6-15(14-22)17(23)21-16-7-3-2-4-8-16/h2-4,7-8,15,20H,5-6,9-14H2,1H3,(H,21,23). The highest BCUT2D eigenvalue weighted by molar-refractivity contribution is 7.92. The summed E-state index contributed by atoms with van der Waals surface area (Å²) in [5.41, 5.74) is 0.719. The first-order valence-electron chi connectivity index (χ1n) is 9.39. The average Bonchev–Trinajstić information content (AvgIpc) is 2.68. The van der Waals surface area contributed by atoms with Gasteiger partial charge in [0.05, 0.1) is 5.92 Å². The number of likely N-dealkylation sites (tertiary alicyclic amines) is 1. The Kier molecular flexibility index (Phi) is 5.86. The maximum absolute atomic E-state index is 13.2. The molecule has 0 aromatic heterocycles. The molecule has 0 bridgehead atoms. The SMILES string of the molecule is CS(=O)(=O)C1(C(=O)N2CCCC(C(=O)Nc3ccccc3)C2)CCNCC1. The van der Waals surface area contributed by atoms with E-state index >= 15 is 0 Å². The van der Waals surface area contributed by atoms with Gasteiger partial charge in [-0.1, -0.05) is 18.2 Å². The second kappa shape index (κ2) is 7.98. The molecule has 1 aromatic carbocycles. The lowest BCUT2D eigenvalue weighted by molar-refractivity contribution is -0.137. The molecule has 0 radical (unpaired) electrons. The molecule has 2 fully saturated rings. The Bertz CT molecular complexity index is 788. The Morgan fingerprint density at radius 2 is 1.85 bits per heavy atom. The molecule has 0 saturated carbocycles. The maximum atomic E-state index is 13.2. The first-order chi connectivity index (χ1) is 12.8. The maximum Gasteiger partial charge on any atom is 0.244 e. The number of nitrogens with one attached hydrogen (secondary N) is 2.